The number of hydrogen-bond donors (Lipinski definition) is 0. The van der Waals surface area contributed by atoms with Crippen molar-refractivity contribution in [2.24, 2.45) is 0 Å². The molecule has 3 aromatic carbocycles. The van der Waals surface area contributed by atoms with Crippen LogP contribution in [-0.2, 0) is 20.4 Å². The molecule has 0 N–H and O–H groups in total. The van der Waals surface area contributed by atoms with E-state index in [1.807, 2.05) is 12.1 Å². The zero-order valence-electron chi connectivity index (χ0n) is 22.9. The lowest BCUT2D eigenvalue weighted by Crippen LogP contribution is -2.66. The average molecular weight is 626 g/mol. The van der Waals surface area contributed by atoms with E-state index < -0.39 is 20.3 Å². The van der Waals surface area contributed by atoms with Gasteiger partial charge in [0.25, 0.3) is 8.32 Å². The second-order valence-corrected chi connectivity index (χ2v) is 17.0. The lowest BCUT2D eigenvalue weighted by atomic mass is 10.1. The van der Waals surface area contributed by atoms with E-state index in [4.69, 9.17) is 13.9 Å². The lowest BCUT2D eigenvalue weighted by molar-refractivity contribution is -0.131. The molecular weight excluding hydrogens is 592 g/mol. The Bertz CT molecular complexity index is 1420. The molecule has 0 radical (unpaired) electrons. The standard InChI is InChI=1S/C31H33BrO5SSi/c1-6-35-30(34)22-19-26(37-21(2)33)28-25(29(32)38-27(28)20-22)17-18-36-39(31(3,4)5,23-13-9-7-10-14-23)24-15-11-8-12-16-24/h7-16,19-20H,6,17-18H2,1-5H3. The number of hydrogen-bond acceptors (Lipinski definition) is 6. The molecule has 8 heteroatoms. The van der Waals surface area contributed by atoms with Crippen molar-refractivity contribution in [2.75, 3.05) is 13.2 Å². The number of fused-ring (bicyclic) bond motifs is 1. The summed E-state index contributed by atoms with van der Waals surface area (Å²) in [5, 5.41) is 3.11. The first-order valence-corrected chi connectivity index (χ1v) is 16.5. The van der Waals surface area contributed by atoms with Crippen LogP contribution in [0.4, 0.5) is 0 Å². The van der Waals surface area contributed by atoms with Crippen molar-refractivity contribution in [3.63, 3.8) is 0 Å². The zero-order valence-corrected chi connectivity index (χ0v) is 26.3. The van der Waals surface area contributed by atoms with Crippen LogP contribution < -0.4 is 15.1 Å². The van der Waals surface area contributed by atoms with E-state index in [2.05, 4.69) is 85.2 Å². The summed E-state index contributed by atoms with van der Waals surface area (Å²) < 4.78 is 19.6. The third-order valence-corrected chi connectivity index (χ3v) is 13.6. The molecule has 1 heterocycles. The number of carbonyl (C=O) groups is 2. The highest BCUT2D eigenvalue weighted by molar-refractivity contribution is 9.11. The van der Waals surface area contributed by atoms with Crippen LogP contribution in [0, 0.1) is 0 Å². The van der Waals surface area contributed by atoms with E-state index in [0.29, 0.717) is 24.3 Å². The average Bonchev–Trinajstić information content (AvgIpc) is 3.21. The predicted molar refractivity (Wildman–Crippen MR) is 164 cm³/mol. The fraction of sp³-hybridized carbons (Fsp3) is 0.290. The summed E-state index contributed by atoms with van der Waals surface area (Å²) in [6, 6.07) is 24.5. The van der Waals surface area contributed by atoms with E-state index in [0.717, 1.165) is 19.4 Å². The van der Waals surface area contributed by atoms with Crippen LogP contribution >= 0.6 is 27.3 Å². The largest absolute Gasteiger partial charge is 0.462 e. The van der Waals surface area contributed by atoms with Gasteiger partial charge in [-0.1, -0.05) is 81.4 Å². The minimum atomic E-state index is -2.70. The molecule has 0 aliphatic heterocycles. The maximum Gasteiger partial charge on any atom is 0.338 e. The third-order valence-electron chi connectivity index (χ3n) is 6.66. The monoisotopic (exact) mass is 624 g/mol. The predicted octanol–water partition coefficient (Wildman–Crippen LogP) is 6.88. The van der Waals surface area contributed by atoms with Crippen molar-refractivity contribution in [1.82, 2.24) is 0 Å². The van der Waals surface area contributed by atoms with Crippen molar-refractivity contribution in [3.05, 3.63) is 87.7 Å². The first kappa shape index (κ1) is 29.2. The highest BCUT2D eigenvalue weighted by atomic mass is 79.9. The van der Waals surface area contributed by atoms with E-state index in [1.54, 1.807) is 19.1 Å². The quantitative estimate of drug-likeness (QED) is 0.115. The second kappa shape index (κ2) is 12.2. The summed E-state index contributed by atoms with van der Waals surface area (Å²) in [5.74, 6) is -0.548. The smallest absolute Gasteiger partial charge is 0.338 e. The Morgan fingerprint density at radius 1 is 0.949 bits per heavy atom. The normalized spacial score (nSPS) is 11.9. The molecule has 4 rings (SSSR count). The number of esters is 2. The number of halogens is 1. The molecule has 0 fully saturated rings. The molecule has 0 saturated carbocycles. The molecule has 39 heavy (non-hydrogen) atoms. The van der Waals surface area contributed by atoms with E-state index in [9.17, 15) is 9.59 Å². The molecule has 0 amide bonds. The first-order valence-electron chi connectivity index (χ1n) is 12.9. The molecule has 0 bridgehead atoms. The molecule has 0 aliphatic rings. The first-order chi connectivity index (χ1) is 18.6. The minimum absolute atomic E-state index is 0.138. The van der Waals surface area contributed by atoms with Gasteiger partial charge in [-0.05, 0) is 62.4 Å². The summed E-state index contributed by atoms with van der Waals surface area (Å²) in [6.45, 7) is 10.6. The van der Waals surface area contributed by atoms with Crippen LogP contribution in [-0.4, -0.2) is 33.5 Å². The van der Waals surface area contributed by atoms with Crippen LogP contribution in [0.5, 0.6) is 5.75 Å². The third kappa shape index (κ3) is 6.04. The van der Waals surface area contributed by atoms with Gasteiger partial charge in [0.15, 0.2) is 0 Å². The van der Waals surface area contributed by atoms with Gasteiger partial charge in [-0.3, -0.25) is 4.79 Å². The number of rotatable bonds is 9. The van der Waals surface area contributed by atoms with Crippen molar-refractivity contribution in [2.45, 2.75) is 46.1 Å². The lowest BCUT2D eigenvalue weighted by Gasteiger charge is -2.43. The second-order valence-electron chi connectivity index (χ2n) is 10.3. The molecule has 4 aromatic rings. The highest BCUT2D eigenvalue weighted by Gasteiger charge is 2.50. The number of ether oxygens (including phenoxy) is 2. The summed E-state index contributed by atoms with van der Waals surface area (Å²) in [5.41, 5.74) is 1.34. The Kier molecular flexibility index (Phi) is 9.11. The molecule has 0 spiro atoms. The molecule has 0 aliphatic carbocycles. The fourth-order valence-corrected chi connectivity index (χ4v) is 11.6. The van der Waals surface area contributed by atoms with Crippen molar-refractivity contribution < 1.29 is 23.5 Å². The maximum atomic E-state index is 12.5. The summed E-state index contributed by atoms with van der Waals surface area (Å²) in [4.78, 5) is 24.5. The van der Waals surface area contributed by atoms with Gasteiger partial charge in [0, 0.05) is 23.6 Å². The summed E-state index contributed by atoms with van der Waals surface area (Å²) in [6.07, 6.45) is 0.595. The van der Waals surface area contributed by atoms with Gasteiger partial charge in [0.2, 0.25) is 0 Å². The van der Waals surface area contributed by atoms with Gasteiger partial charge in [-0.2, -0.15) is 0 Å². The van der Waals surface area contributed by atoms with Crippen LogP contribution in [0.1, 0.15) is 50.5 Å². The minimum Gasteiger partial charge on any atom is -0.462 e. The topological polar surface area (TPSA) is 61.8 Å². The Hall–Kier alpha value is -2.78. The van der Waals surface area contributed by atoms with Gasteiger partial charge in [0.05, 0.1) is 16.0 Å². The molecule has 0 unspecified atom stereocenters. The maximum absolute atomic E-state index is 12.5. The molecule has 1 aromatic heterocycles. The Morgan fingerprint density at radius 2 is 1.54 bits per heavy atom. The van der Waals surface area contributed by atoms with Crippen LogP contribution in [0.2, 0.25) is 5.04 Å². The van der Waals surface area contributed by atoms with Crippen molar-refractivity contribution in [3.8, 4) is 5.75 Å². The van der Waals surface area contributed by atoms with Crippen LogP contribution in [0.25, 0.3) is 10.1 Å². The molecule has 5 nitrogen and oxygen atoms in total. The highest BCUT2D eigenvalue weighted by Crippen LogP contribution is 2.43. The summed E-state index contributed by atoms with van der Waals surface area (Å²) >= 11 is 5.23. The molecular formula is C31H33BrO5SSi. The van der Waals surface area contributed by atoms with Crippen molar-refractivity contribution >= 4 is 68.0 Å². The van der Waals surface area contributed by atoms with Gasteiger partial charge in [0.1, 0.15) is 5.75 Å². The van der Waals surface area contributed by atoms with Gasteiger partial charge >= 0.3 is 11.9 Å². The Balaban J connectivity index is 1.76. The van der Waals surface area contributed by atoms with Gasteiger partial charge < -0.3 is 13.9 Å². The summed E-state index contributed by atoms with van der Waals surface area (Å²) in [7, 11) is -2.70. The Morgan fingerprint density at radius 3 is 2.05 bits per heavy atom. The zero-order chi connectivity index (χ0) is 28.2. The van der Waals surface area contributed by atoms with E-state index in [-0.39, 0.29) is 11.6 Å². The van der Waals surface area contributed by atoms with Crippen LogP contribution in [0.15, 0.2) is 76.6 Å². The number of carbonyl (C=O) groups excluding carboxylic acids is 2. The van der Waals surface area contributed by atoms with E-state index >= 15 is 0 Å². The Labute approximate surface area is 243 Å². The number of benzene rings is 3. The molecule has 0 atom stereocenters. The molecule has 0 saturated heterocycles. The fourth-order valence-electron chi connectivity index (χ4n) is 5.08. The molecule has 204 valence electrons. The SMILES string of the molecule is CCOC(=O)c1cc(OC(C)=O)c2c(CCO[Si](c3ccccc3)(c3ccccc3)C(C)(C)C)c(Br)sc2c1. The van der Waals surface area contributed by atoms with Crippen LogP contribution in [0.3, 0.4) is 0 Å². The van der Waals surface area contributed by atoms with Gasteiger partial charge in [-0.25, -0.2) is 4.79 Å². The van der Waals surface area contributed by atoms with Gasteiger partial charge in [-0.15, -0.1) is 11.3 Å². The van der Waals surface area contributed by atoms with E-state index in [1.165, 1.54) is 28.6 Å². The van der Waals surface area contributed by atoms with Crippen molar-refractivity contribution in [1.29, 1.82) is 0 Å². The number of thiophene rings is 1.